The number of sulfonamides is 1. The molecule has 0 aromatic rings. The van der Waals surface area contributed by atoms with Crippen molar-refractivity contribution in [1.82, 2.24) is 4.72 Å². The largest absolute Gasteiger partial charge is 0.229 e. The number of hydrogen-bond donors (Lipinski definition) is 1. The predicted molar refractivity (Wildman–Crippen MR) is 82.3 cm³/mol. The van der Waals surface area contributed by atoms with E-state index in [0.717, 1.165) is 12.8 Å². The molecule has 0 aliphatic carbocycles. The Morgan fingerprint density at radius 1 is 1.25 bits per heavy atom. The van der Waals surface area contributed by atoms with Gasteiger partial charge in [0, 0.05) is 12.4 Å². The number of alkyl halides is 1. The Hall–Kier alpha value is 0.150. The minimum Gasteiger partial charge on any atom is -0.229 e. The van der Waals surface area contributed by atoms with Crippen molar-refractivity contribution < 1.29 is 16.8 Å². The number of rotatable bonds is 7. The van der Waals surface area contributed by atoms with Crippen LogP contribution < -0.4 is 4.72 Å². The van der Waals surface area contributed by atoms with Crippen LogP contribution >= 0.6 is 11.6 Å². The van der Waals surface area contributed by atoms with E-state index < -0.39 is 25.1 Å². The fourth-order valence-corrected chi connectivity index (χ4v) is 5.83. The van der Waals surface area contributed by atoms with Gasteiger partial charge >= 0.3 is 0 Å². The molecule has 0 aromatic carbocycles. The third-order valence-corrected chi connectivity index (χ3v) is 7.56. The second kappa shape index (κ2) is 6.94. The Kier molecular flexibility index (Phi) is 6.32. The lowest BCUT2D eigenvalue weighted by Crippen LogP contribution is -2.43. The lowest BCUT2D eigenvalue weighted by Gasteiger charge is -2.27. The molecule has 1 fully saturated rings. The third-order valence-electron chi connectivity index (χ3n) is 3.68. The van der Waals surface area contributed by atoms with Crippen LogP contribution in [0, 0.1) is 5.41 Å². The smallest absolute Gasteiger partial charge is 0.214 e. The SMILES string of the molecule is CC(C)(CCCCl)CNS(=O)(=O)C1CCS(=O)(=O)CC1. The highest BCUT2D eigenvalue weighted by Gasteiger charge is 2.33. The van der Waals surface area contributed by atoms with Crippen LogP contribution in [0.3, 0.4) is 0 Å². The Bertz CT molecular complexity index is 500. The highest BCUT2D eigenvalue weighted by molar-refractivity contribution is 7.92. The first-order valence-electron chi connectivity index (χ1n) is 6.83. The summed E-state index contributed by atoms with van der Waals surface area (Å²) in [6.45, 7) is 4.34. The van der Waals surface area contributed by atoms with E-state index in [2.05, 4.69) is 4.72 Å². The molecule has 0 radical (unpaired) electrons. The zero-order chi connectivity index (χ0) is 15.4. The van der Waals surface area contributed by atoms with E-state index in [1.807, 2.05) is 13.8 Å². The molecule has 0 spiro atoms. The average molecular weight is 346 g/mol. The Morgan fingerprint density at radius 2 is 1.80 bits per heavy atom. The summed E-state index contributed by atoms with van der Waals surface area (Å²) in [6, 6.07) is 0. The Morgan fingerprint density at radius 3 is 2.30 bits per heavy atom. The number of sulfone groups is 1. The van der Waals surface area contributed by atoms with Gasteiger partial charge in [-0.25, -0.2) is 21.6 Å². The topological polar surface area (TPSA) is 80.3 Å². The van der Waals surface area contributed by atoms with E-state index in [4.69, 9.17) is 11.6 Å². The maximum Gasteiger partial charge on any atom is 0.214 e. The fourth-order valence-electron chi connectivity index (χ4n) is 2.23. The van der Waals surface area contributed by atoms with Crippen LogP contribution in [-0.2, 0) is 19.9 Å². The minimum absolute atomic E-state index is 0.0335. The lowest BCUT2D eigenvalue weighted by atomic mass is 9.88. The summed E-state index contributed by atoms with van der Waals surface area (Å²) in [5.74, 6) is 0.499. The molecule has 0 amide bonds. The van der Waals surface area contributed by atoms with E-state index >= 15 is 0 Å². The molecule has 1 aliphatic heterocycles. The lowest BCUT2D eigenvalue weighted by molar-refractivity contribution is 0.330. The van der Waals surface area contributed by atoms with E-state index in [9.17, 15) is 16.8 Å². The van der Waals surface area contributed by atoms with Crippen molar-refractivity contribution in [2.45, 2.75) is 44.8 Å². The second-order valence-electron chi connectivity index (χ2n) is 6.17. The van der Waals surface area contributed by atoms with Gasteiger partial charge in [-0.3, -0.25) is 0 Å². The molecule has 120 valence electrons. The molecular formula is C12H24ClNO4S2. The number of hydrogen-bond acceptors (Lipinski definition) is 4. The van der Waals surface area contributed by atoms with Crippen molar-refractivity contribution in [1.29, 1.82) is 0 Å². The first kappa shape index (κ1) is 18.2. The quantitative estimate of drug-likeness (QED) is 0.709. The van der Waals surface area contributed by atoms with Crippen molar-refractivity contribution >= 4 is 31.5 Å². The number of halogens is 1. The van der Waals surface area contributed by atoms with Gasteiger partial charge in [0.1, 0.15) is 9.84 Å². The zero-order valence-corrected chi connectivity index (χ0v) is 14.5. The molecule has 20 heavy (non-hydrogen) atoms. The summed E-state index contributed by atoms with van der Waals surface area (Å²) in [4.78, 5) is 0. The van der Waals surface area contributed by atoms with Crippen LogP contribution in [0.15, 0.2) is 0 Å². The average Bonchev–Trinajstić information content (AvgIpc) is 2.34. The van der Waals surface area contributed by atoms with Gasteiger partial charge in [-0.15, -0.1) is 11.6 Å². The summed E-state index contributed by atoms with van der Waals surface area (Å²) in [6.07, 6.45) is 2.08. The summed E-state index contributed by atoms with van der Waals surface area (Å²) in [7, 11) is -6.48. The van der Waals surface area contributed by atoms with E-state index in [0.29, 0.717) is 12.4 Å². The maximum absolute atomic E-state index is 12.2. The molecule has 0 unspecified atom stereocenters. The van der Waals surface area contributed by atoms with Gasteiger partial charge in [0.2, 0.25) is 10.0 Å². The van der Waals surface area contributed by atoms with E-state index in [1.54, 1.807) is 0 Å². The molecule has 1 saturated heterocycles. The minimum atomic E-state index is -3.44. The van der Waals surface area contributed by atoms with Crippen molar-refractivity contribution in [2.24, 2.45) is 5.41 Å². The zero-order valence-electron chi connectivity index (χ0n) is 12.1. The van der Waals surface area contributed by atoms with Gasteiger partial charge < -0.3 is 0 Å². The van der Waals surface area contributed by atoms with Crippen LogP contribution in [0.4, 0.5) is 0 Å². The Balaban J connectivity index is 2.54. The van der Waals surface area contributed by atoms with Crippen molar-refractivity contribution in [3.05, 3.63) is 0 Å². The first-order valence-corrected chi connectivity index (χ1v) is 10.7. The molecule has 0 bridgehead atoms. The van der Waals surface area contributed by atoms with E-state index in [1.165, 1.54) is 0 Å². The highest BCUT2D eigenvalue weighted by Crippen LogP contribution is 2.23. The molecule has 1 rings (SSSR count). The molecule has 0 saturated carbocycles. The van der Waals surface area contributed by atoms with Crippen molar-refractivity contribution in [3.8, 4) is 0 Å². The van der Waals surface area contributed by atoms with Gasteiger partial charge in [-0.2, -0.15) is 0 Å². The monoisotopic (exact) mass is 345 g/mol. The molecule has 8 heteroatoms. The van der Waals surface area contributed by atoms with Crippen LogP contribution in [0.1, 0.15) is 39.5 Å². The standard InChI is InChI=1S/C12H24ClNO4S2/c1-12(2,6-3-7-13)10-14-20(17,18)11-4-8-19(15,16)9-5-11/h11,14H,3-10H2,1-2H3. The van der Waals surface area contributed by atoms with Crippen LogP contribution in [0.25, 0.3) is 0 Å². The van der Waals surface area contributed by atoms with Crippen LogP contribution in [-0.4, -0.2) is 46.0 Å². The van der Waals surface area contributed by atoms with Crippen molar-refractivity contribution in [2.75, 3.05) is 23.9 Å². The predicted octanol–water partition coefficient (Wildman–Crippen LogP) is 1.53. The summed E-state index contributed by atoms with van der Waals surface area (Å²) >= 11 is 5.65. The summed E-state index contributed by atoms with van der Waals surface area (Å²) < 4.78 is 49.7. The van der Waals surface area contributed by atoms with Crippen LogP contribution in [0.5, 0.6) is 0 Å². The molecule has 0 aromatic heterocycles. The van der Waals surface area contributed by atoms with Gasteiger partial charge in [-0.05, 0) is 31.1 Å². The second-order valence-corrected chi connectivity index (χ2v) is 10.9. The molecule has 5 nitrogen and oxygen atoms in total. The fraction of sp³-hybridized carbons (Fsp3) is 1.00. The summed E-state index contributed by atoms with van der Waals surface area (Å²) in [5.41, 5.74) is -0.150. The summed E-state index contributed by atoms with van der Waals surface area (Å²) in [5, 5.41) is -0.588. The third kappa shape index (κ3) is 5.87. The number of nitrogens with one attached hydrogen (secondary N) is 1. The molecule has 1 N–H and O–H groups in total. The van der Waals surface area contributed by atoms with Gasteiger partial charge in [0.05, 0.1) is 16.8 Å². The van der Waals surface area contributed by atoms with Crippen LogP contribution in [0.2, 0.25) is 0 Å². The molecule has 1 aliphatic rings. The first-order chi connectivity index (χ1) is 9.08. The normalized spacial score (nSPS) is 20.9. The molecule has 0 atom stereocenters. The van der Waals surface area contributed by atoms with Gasteiger partial charge in [0.25, 0.3) is 0 Å². The Labute approximate surface area is 127 Å². The maximum atomic E-state index is 12.2. The molecular weight excluding hydrogens is 322 g/mol. The molecule has 1 heterocycles. The van der Waals surface area contributed by atoms with E-state index in [-0.39, 0.29) is 29.8 Å². The van der Waals surface area contributed by atoms with Crippen molar-refractivity contribution in [3.63, 3.8) is 0 Å². The van der Waals surface area contributed by atoms with Gasteiger partial charge in [0.15, 0.2) is 0 Å². The highest BCUT2D eigenvalue weighted by atomic mass is 35.5. The van der Waals surface area contributed by atoms with Gasteiger partial charge in [-0.1, -0.05) is 13.8 Å².